The van der Waals surface area contributed by atoms with Crippen molar-refractivity contribution in [2.45, 2.75) is 0 Å². The van der Waals surface area contributed by atoms with Gasteiger partial charge in [0.2, 0.25) is 0 Å². The Labute approximate surface area is 225 Å². The monoisotopic (exact) mass is 500 g/mol. The number of benzene rings is 6. The molecule has 0 aliphatic heterocycles. The predicted octanol–water partition coefficient (Wildman–Crippen LogP) is 10.1. The number of hydrogen-bond acceptors (Lipinski definition) is 2. The van der Waals surface area contributed by atoms with Gasteiger partial charge in [0.25, 0.3) is 0 Å². The summed E-state index contributed by atoms with van der Waals surface area (Å²) in [7, 11) is 0. The molecule has 6 aromatic carbocycles. The molecular formula is C36H24N2O. The average Bonchev–Trinajstić information content (AvgIpc) is 3.54. The minimum absolute atomic E-state index is 0.918. The van der Waals surface area contributed by atoms with Crippen LogP contribution in [0.5, 0.6) is 0 Å². The molecule has 0 saturated heterocycles. The van der Waals surface area contributed by atoms with Crippen LogP contribution in [0.2, 0.25) is 0 Å². The average molecular weight is 501 g/mol. The highest BCUT2D eigenvalue weighted by atomic mass is 16.3. The van der Waals surface area contributed by atoms with Crippen LogP contribution in [0.15, 0.2) is 144 Å². The highest BCUT2D eigenvalue weighted by Crippen LogP contribution is 2.37. The molecule has 8 aromatic rings. The van der Waals surface area contributed by atoms with Gasteiger partial charge >= 0.3 is 0 Å². The van der Waals surface area contributed by atoms with Gasteiger partial charge in [-0.05, 0) is 54.1 Å². The second-order valence-corrected chi connectivity index (χ2v) is 9.90. The minimum Gasteiger partial charge on any atom is -0.455 e. The summed E-state index contributed by atoms with van der Waals surface area (Å²) in [4.78, 5) is 0. The summed E-state index contributed by atoms with van der Waals surface area (Å²) in [5, 5.41) is 8.42. The van der Waals surface area contributed by atoms with Gasteiger partial charge in [0.1, 0.15) is 11.2 Å². The quantitative estimate of drug-likeness (QED) is 0.260. The van der Waals surface area contributed by atoms with E-state index in [9.17, 15) is 0 Å². The van der Waals surface area contributed by atoms with Crippen LogP contribution < -0.4 is 5.32 Å². The summed E-state index contributed by atoms with van der Waals surface area (Å²) in [5.74, 6) is 0. The molecule has 184 valence electrons. The molecule has 0 unspecified atom stereocenters. The van der Waals surface area contributed by atoms with Crippen molar-refractivity contribution in [3.05, 3.63) is 140 Å². The fourth-order valence-corrected chi connectivity index (χ4v) is 5.78. The van der Waals surface area contributed by atoms with Crippen LogP contribution in [-0.4, -0.2) is 4.57 Å². The standard InChI is InChI=1S/C36H24N2O/c1-2-9-27(10-3-1)38-33-15-6-4-11-29(33)30-22-21-26(23-34(30)38)37-25-19-17-24(18-20-25)28-13-8-14-32-31-12-5-7-16-35(31)39-36(28)32/h1-23,37H. The van der Waals surface area contributed by atoms with Crippen molar-refractivity contribution in [1.82, 2.24) is 4.57 Å². The van der Waals surface area contributed by atoms with Crippen molar-refractivity contribution in [3.63, 3.8) is 0 Å². The summed E-state index contributed by atoms with van der Waals surface area (Å²) in [6.45, 7) is 0. The normalized spacial score (nSPS) is 11.6. The largest absolute Gasteiger partial charge is 0.455 e. The first-order chi connectivity index (χ1) is 19.3. The second kappa shape index (κ2) is 8.64. The van der Waals surface area contributed by atoms with Crippen LogP contribution >= 0.6 is 0 Å². The molecule has 0 spiro atoms. The van der Waals surface area contributed by atoms with Gasteiger partial charge < -0.3 is 14.3 Å². The van der Waals surface area contributed by atoms with E-state index in [1.54, 1.807) is 0 Å². The van der Waals surface area contributed by atoms with Gasteiger partial charge in [-0.25, -0.2) is 0 Å². The lowest BCUT2D eigenvalue weighted by molar-refractivity contribution is 0.670. The molecule has 0 saturated carbocycles. The van der Waals surface area contributed by atoms with Crippen LogP contribution in [0, 0.1) is 0 Å². The van der Waals surface area contributed by atoms with E-state index in [-0.39, 0.29) is 0 Å². The van der Waals surface area contributed by atoms with Crippen LogP contribution in [0.3, 0.4) is 0 Å². The number of para-hydroxylation sites is 4. The first-order valence-electron chi connectivity index (χ1n) is 13.2. The Hall–Kier alpha value is -5.28. The number of nitrogens with zero attached hydrogens (tertiary/aromatic N) is 1. The number of nitrogens with one attached hydrogen (secondary N) is 1. The van der Waals surface area contributed by atoms with Crippen molar-refractivity contribution < 1.29 is 4.42 Å². The van der Waals surface area contributed by atoms with Gasteiger partial charge in [0, 0.05) is 44.2 Å². The fraction of sp³-hybridized carbons (Fsp3) is 0. The van der Waals surface area contributed by atoms with Gasteiger partial charge in [-0.3, -0.25) is 0 Å². The van der Waals surface area contributed by atoms with E-state index in [4.69, 9.17) is 4.42 Å². The molecule has 0 aliphatic rings. The number of rotatable bonds is 4. The molecular weight excluding hydrogens is 476 g/mol. The molecule has 0 radical (unpaired) electrons. The van der Waals surface area contributed by atoms with Crippen LogP contribution in [-0.2, 0) is 0 Å². The molecule has 3 nitrogen and oxygen atoms in total. The van der Waals surface area contributed by atoms with E-state index in [0.29, 0.717) is 0 Å². The van der Waals surface area contributed by atoms with Crippen LogP contribution in [0.4, 0.5) is 11.4 Å². The van der Waals surface area contributed by atoms with E-state index in [2.05, 4.69) is 137 Å². The Bertz CT molecular complexity index is 2130. The zero-order valence-electron chi connectivity index (χ0n) is 21.1. The molecule has 39 heavy (non-hydrogen) atoms. The molecule has 0 bridgehead atoms. The maximum atomic E-state index is 6.26. The van der Waals surface area contributed by atoms with Crippen LogP contribution in [0.1, 0.15) is 0 Å². The summed E-state index contributed by atoms with van der Waals surface area (Å²) in [6, 6.07) is 48.9. The number of aromatic nitrogens is 1. The predicted molar refractivity (Wildman–Crippen MR) is 163 cm³/mol. The molecule has 2 aromatic heterocycles. The first-order valence-corrected chi connectivity index (χ1v) is 13.2. The molecule has 0 aliphatic carbocycles. The Kier molecular flexibility index (Phi) is 4.82. The fourth-order valence-electron chi connectivity index (χ4n) is 5.78. The lowest BCUT2D eigenvalue weighted by Crippen LogP contribution is -1.94. The lowest BCUT2D eigenvalue weighted by Gasteiger charge is -2.11. The van der Waals surface area contributed by atoms with Crippen molar-refractivity contribution in [2.24, 2.45) is 0 Å². The van der Waals surface area contributed by atoms with Gasteiger partial charge in [0.05, 0.1) is 11.0 Å². The topological polar surface area (TPSA) is 30.1 Å². The van der Waals surface area contributed by atoms with Crippen molar-refractivity contribution in [3.8, 4) is 16.8 Å². The number of furan rings is 1. The molecule has 3 heteroatoms. The lowest BCUT2D eigenvalue weighted by atomic mass is 10.0. The Morgan fingerprint density at radius 2 is 1.18 bits per heavy atom. The molecule has 0 atom stereocenters. The number of hydrogen-bond donors (Lipinski definition) is 1. The molecule has 8 rings (SSSR count). The summed E-state index contributed by atoms with van der Waals surface area (Å²) in [6.07, 6.45) is 0. The van der Waals surface area contributed by atoms with Crippen molar-refractivity contribution in [2.75, 3.05) is 5.32 Å². The third kappa shape index (κ3) is 3.52. The van der Waals surface area contributed by atoms with Gasteiger partial charge in [-0.15, -0.1) is 0 Å². The molecule has 2 heterocycles. The van der Waals surface area contributed by atoms with E-state index < -0.39 is 0 Å². The highest BCUT2D eigenvalue weighted by Gasteiger charge is 2.14. The third-order valence-corrected chi connectivity index (χ3v) is 7.58. The smallest absolute Gasteiger partial charge is 0.143 e. The zero-order chi connectivity index (χ0) is 25.8. The SMILES string of the molecule is c1ccc(-n2c3ccccc3c3ccc(Nc4ccc(-c5cccc6c5oc5ccccc56)cc4)cc32)cc1. The summed E-state index contributed by atoms with van der Waals surface area (Å²) >= 11 is 0. The van der Waals surface area contributed by atoms with Gasteiger partial charge in [-0.2, -0.15) is 0 Å². The van der Waals surface area contributed by atoms with Crippen molar-refractivity contribution >= 4 is 55.1 Å². The maximum Gasteiger partial charge on any atom is 0.143 e. The molecule has 0 fully saturated rings. The Morgan fingerprint density at radius 3 is 2.05 bits per heavy atom. The van der Waals surface area contributed by atoms with E-state index in [1.807, 2.05) is 12.1 Å². The van der Waals surface area contributed by atoms with Gasteiger partial charge in [0.15, 0.2) is 0 Å². The van der Waals surface area contributed by atoms with Crippen molar-refractivity contribution in [1.29, 1.82) is 0 Å². The first kappa shape index (κ1) is 21.8. The van der Waals surface area contributed by atoms with Crippen LogP contribution in [0.25, 0.3) is 60.6 Å². The van der Waals surface area contributed by atoms with Gasteiger partial charge in [-0.1, -0.05) is 91.0 Å². The molecule has 1 N–H and O–H groups in total. The van der Waals surface area contributed by atoms with E-state index >= 15 is 0 Å². The summed E-state index contributed by atoms with van der Waals surface area (Å²) in [5.41, 5.74) is 9.71. The molecule has 0 amide bonds. The second-order valence-electron chi connectivity index (χ2n) is 9.90. The van der Waals surface area contributed by atoms with E-state index in [1.165, 1.54) is 21.8 Å². The maximum absolute atomic E-state index is 6.26. The number of anilines is 2. The highest BCUT2D eigenvalue weighted by molar-refractivity contribution is 6.11. The van der Waals surface area contributed by atoms with E-state index in [0.717, 1.165) is 50.1 Å². The summed E-state index contributed by atoms with van der Waals surface area (Å²) < 4.78 is 8.60. The third-order valence-electron chi connectivity index (χ3n) is 7.58. The Morgan fingerprint density at radius 1 is 0.487 bits per heavy atom. The minimum atomic E-state index is 0.918. The Balaban J connectivity index is 1.17. The zero-order valence-corrected chi connectivity index (χ0v) is 21.1. The number of fused-ring (bicyclic) bond motifs is 6.